The molecule has 0 saturated heterocycles. The lowest BCUT2D eigenvalue weighted by Gasteiger charge is -2.34. The number of imide groups is 1. The molecule has 1 aliphatic rings. The van der Waals surface area contributed by atoms with E-state index in [1.54, 1.807) is 0 Å². The van der Waals surface area contributed by atoms with Crippen LogP contribution in [0, 0.1) is 5.92 Å². The lowest BCUT2D eigenvalue weighted by molar-refractivity contribution is -0.358. The molecule has 1 aliphatic heterocycles. The summed E-state index contributed by atoms with van der Waals surface area (Å²) in [6, 6.07) is -1.41. The molecule has 11 heteroatoms. The number of amides is 3. The van der Waals surface area contributed by atoms with Gasteiger partial charge in [-0.15, -0.1) is 0 Å². The van der Waals surface area contributed by atoms with E-state index in [0.717, 1.165) is 5.32 Å². The van der Waals surface area contributed by atoms with Crippen molar-refractivity contribution in [3.05, 3.63) is 0 Å². The Labute approximate surface area is 100 Å². The highest BCUT2D eigenvalue weighted by Gasteiger charge is 2.77. The standard InChI is InChI=1S/C8H5F7N2O2/c1-2-3(4(18)17-5(19)16-2)6(9,10)7(11,12)8(13,14)15/h3H,1H3,(H,17,18,19). The first-order valence-electron chi connectivity index (χ1n) is 4.54. The molecule has 0 aromatic rings. The van der Waals surface area contributed by atoms with Crippen LogP contribution in [0.1, 0.15) is 6.92 Å². The molecule has 1 atom stereocenters. The van der Waals surface area contributed by atoms with Crippen molar-refractivity contribution in [2.24, 2.45) is 10.9 Å². The molecule has 4 nitrogen and oxygen atoms in total. The number of alkyl halides is 7. The van der Waals surface area contributed by atoms with Crippen LogP contribution in [0.5, 0.6) is 0 Å². The first-order chi connectivity index (χ1) is 8.32. The van der Waals surface area contributed by atoms with Gasteiger partial charge in [0, 0.05) is 5.71 Å². The summed E-state index contributed by atoms with van der Waals surface area (Å²) in [4.78, 5) is 24.4. The van der Waals surface area contributed by atoms with E-state index in [4.69, 9.17) is 0 Å². The van der Waals surface area contributed by atoms with Crippen molar-refractivity contribution in [3.63, 3.8) is 0 Å². The minimum Gasteiger partial charge on any atom is -0.275 e. The Kier molecular flexibility index (Phi) is 3.37. The lowest BCUT2D eigenvalue weighted by Crippen LogP contribution is -2.62. The second-order valence-corrected chi connectivity index (χ2v) is 3.68. The second kappa shape index (κ2) is 4.17. The number of hydrogen-bond acceptors (Lipinski definition) is 2. The van der Waals surface area contributed by atoms with Crippen molar-refractivity contribution >= 4 is 17.6 Å². The summed E-state index contributed by atoms with van der Waals surface area (Å²) in [5.74, 6) is -17.4. The van der Waals surface area contributed by atoms with E-state index in [1.807, 2.05) is 0 Å². The van der Waals surface area contributed by atoms with E-state index >= 15 is 0 Å². The van der Waals surface area contributed by atoms with E-state index in [9.17, 15) is 40.3 Å². The fourth-order valence-corrected chi connectivity index (χ4v) is 1.42. The number of hydrogen-bond donors (Lipinski definition) is 1. The molecule has 1 heterocycles. The van der Waals surface area contributed by atoms with Gasteiger partial charge in [-0.3, -0.25) is 10.1 Å². The summed E-state index contributed by atoms with van der Waals surface area (Å²) < 4.78 is 87.9. The highest BCUT2D eigenvalue weighted by Crippen LogP contribution is 2.50. The topological polar surface area (TPSA) is 58.5 Å². The van der Waals surface area contributed by atoms with Crippen LogP contribution in [0.3, 0.4) is 0 Å². The van der Waals surface area contributed by atoms with Gasteiger partial charge in [-0.1, -0.05) is 0 Å². The van der Waals surface area contributed by atoms with Crippen LogP contribution >= 0.6 is 0 Å². The third kappa shape index (κ3) is 2.28. The summed E-state index contributed by atoms with van der Waals surface area (Å²) in [7, 11) is 0. The molecule has 0 spiro atoms. The SMILES string of the molecule is CC1=NC(=O)NC(=O)C1C(F)(F)C(F)(F)C(F)(F)F. The zero-order chi connectivity index (χ0) is 15.2. The van der Waals surface area contributed by atoms with E-state index in [1.165, 1.54) is 0 Å². The molecule has 1 N–H and O–H groups in total. The van der Waals surface area contributed by atoms with Gasteiger partial charge in [0.15, 0.2) is 0 Å². The quantitative estimate of drug-likeness (QED) is 0.793. The van der Waals surface area contributed by atoms with Gasteiger partial charge in [-0.25, -0.2) is 9.79 Å². The molecule has 0 radical (unpaired) electrons. The molecule has 1 unspecified atom stereocenters. The maximum Gasteiger partial charge on any atom is 0.459 e. The lowest BCUT2D eigenvalue weighted by atomic mass is 9.89. The van der Waals surface area contributed by atoms with Gasteiger partial charge in [0.05, 0.1) is 0 Å². The van der Waals surface area contributed by atoms with Gasteiger partial charge in [0.2, 0.25) is 5.91 Å². The molecule has 3 amide bonds. The second-order valence-electron chi connectivity index (χ2n) is 3.68. The van der Waals surface area contributed by atoms with E-state index in [0.29, 0.717) is 6.92 Å². The minimum atomic E-state index is -6.56. The smallest absolute Gasteiger partial charge is 0.275 e. The fraction of sp³-hybridized carbons (Fsp3) is 0.625. The van der Waals surface area contributed by atoms with E-state index in [2.05, 4.69) is 4.99 Å². The summed E-state index contributed by atoms with van der Waals surface area (Å²) >= 11 is 0. The number of urea groups is 1. The molecule has 0 aromatic carbocycles. The number of carbonyl (C=O) groups is 2. The van der Waals surface area contributed by atoms with Crippen LogP contribution in [0.25, 0.3) is 0 Å². The monoisotopic (exact) mass is 294 g/mol. The minimum absolute atomic E-state index is 0.585. The van der Waals surface area contributed by atoms with Gasteiger partial charge in [0.1, 0.15) is 5.92 Å². The summed E-state index contributed by atoms with van der Waals surface area (Å²) in [6.07, 6.45) is -6.56. The highest BCUT2D eigenvalue weighted by molar-refractivity contribution is 6.16. The molecule has 19 heavy (non-hydrogen) atoms. The van der Waals surface area contributed by atoms with Crippen molar-refractivity contribution in [1.82, 2.24) is 5.32 Å². The molecule has 0 bridgehead atoms. The maximum atomic E-state index is 13.3. The van der Waals surface area contributed by atoms with Crippen LogP contribution in [-0.4, -0.2) is 35.7 Å². The number of aliphatic imine (C=N–C) groups is 1. The third-order valence-corrected chi connectivity index (χ3v) is 2.33. The molecule has 1 rings (SSSR count). The summed E-state index contributed by atoms with van der Waals surface area (Å²) in [5, 5.41) is 1.14. The first kappa shape index (κ1) is 15.4. The fourth-order valence-electron chi connectivity index (χ4n) is 1.42. The van der Waals surface area contributed by atoms with Crippen LogP contribution in [-0.2, 0) is 4.79 Å². The van der Waals surface area contributed by atoms with Gasteiger partial charge in [-0.05, 0) is 6.92 Å². The van der Waals surface area contributed by atoms with Crippen LogP contribution in [0.4, 0.5) is 35.5 Å². The molecule has 0 fully saturated rings. The molecule has 0 aliphatic carbocycles. The predicted molar refractivity (Wildman–Crippen MR) is 46.1 cm³/mol. The molecular weight excluding hydrogens is 289 g/mol. The molecular formula is C8H5F7N2O2. The number of rotatable bonds is 2. The largest absolute Gasteiger partial charge is 0.459 e. The van der Waals surface area contributed by atoms with Gasteiger partial charge < -0.3 is 0 Å². The van der Waals surface area contributed by atoms with Crippen molar-refractivity contribution in [3.8, 4) is 0 Å². The zero-order valence-corrected chi connectivity index (χ0v) is 8.99. The Morgan fingerprint density at radius 2 is 1.53 bits per heavy atom. The summed E-state index contributed by atoms with van der Waals surface area (Å²) in [6.45, 7) is 0.585. The Bertz CT molecular complexity index is 455. The Balaban J connectivity index is 3.31. The van der Waals surface area contributed by atoms with Crippen LogP contribution < -0.4 is 5.32 Å². The van der Waals surface area contributed by atoms with Crippen LogP contribution in [0.15, 0.2) is 4.99 Å². The Morgan fingerprint density at radius 1 is 1.05 bits per heavy atom. The van der Waals surface area contributed by atoms with E-state index in [-0.39, 0.29) is 0 Å². The van der Waals surface area contributed by atoms with Crippen molar-refractivity contribution in [2.45, 2.75) is 24.9 Å². The van der Waals surface area contributed by atoms with Crippen molar-refractivity contribution in [1.29, 1.82) is 0 Å². The maximum absolute atomic E-state index is 13.3. The number of halogens is 7. The molecule has 0 aromatic heterocycles. The third-order valence-electron chi connectivity index (χ3n) is 2.33. The molecule has 0 saturated carbocycles. The Morgan fingerprint density at radius 3 is 1.89 bits per heavy atom. The first-order valence-corrected chi connectivity index (χ1v) is 4.54. The van der Waals surface area contributed by atoms with Gasteiger partial charge in [-0.2, -0.15) is 30.7 Å². The zero-order valence-electron chi connectivity index (χ0n) is 8.99. The molecule has 108 valence electrons. The number of carbonyl (C=O) groups excluding carboxylic acids is 2. The normalized spacial score (nSPS) is 22.1. The van der Waals surface area contributed by atoms with E-state index < -0.39 is 41.6 Å². The average Bonchev–Trinajstić information content (AvgIpc) is 2.12. The summed E-state index contributed by atoms with van der Waals surface area (Å²) in [5.41, 5.74) is -1.12. The van der Waals surface area contributed by atoms with Crippen molar-refractivity contribution in [2.75, 3.05) is 0 Å². The average molecular weight is 294 g/mol. The number of nitrogens with zero attached hydrogens (tertiary/aromatic N) is 1. The van der Waals surface area contributed by atoms with Crippen molar-refractivity contribution < 1.29 is 40.3 Å². The van der Waals surface area contributed by atoms with Gasteiger partial charge in [0.25, 0.3) is 0 Å². The van der Waals surface area contributed by atoms with Crippen LogP contribution in [0.2, 0.25) is 0 Å². The highest BCUT2D eigenvalue weighted by atomic mass is 19.4. The van der Waals surface area contributed by atoms with Gasteiger partial charge >= 0.3 is 24.1 Å². The number of nitrogens with one attached hydrogen (secondary N) is 1. The Hall–Kier alpha value is -1.68. The predicted octanol–water partition coefficient (Wildman–Crippen LogP) is 2.15.